The molecule has 0 radical (unpaired) electrons. The number of fused-ring (bicyclic) bond motifs is 1. The number of anilines is 1. The fraction of sp³-hybridized carbons (Fsp3) is 0.217. The molecule has 0 atom stereocenters. The zero-order valence-electron chi connectivity index (χ0n) is 18.1. The van der Waals surface area contributed by atoms with Gasteiger partial charge in [0, 0.05) is 12.6 Å². The first-order chi connectivity index (χ1) is 15.4. The van der Waals surface area contributed by atoms with Crippen molar-refractivity contribution in [3.8, 4) is 11.4 Å². The summed E-state index contributed by atoms with van der Waals surface area (Å²) in [4.78, 5) is 34.0. The van der Waals surface area contributed by atoms with E-state index in [9.17, 15) is 9.59 Å². The number of hydrogen-bond donors (Lipinski definition) is 2. The maximum Gasteiger partial charge on any atom is 0.335 e. The Balaban J connectivity index is 1.61. The van der Waals surface area contributed by atoms with E-state index in [0.717, 1.165) is 5.56 Å². The Morgan fingerprint density at radius 3 is 2.53 bits per heavy atom. The zero-order chi connectivity index (χ0) is 22.8. The van der Waals surface area contributed by atoms with E-state index in [4.69, 9.17) is 10.5 Å². The monoisotopic (exact) mass is 432 g/mol. The summed E-state index contributed by atoms with van der Waals surface area (Å²) in [5.41, 5.74) is 8.80. The number of amides is 1. The minimum absolute atomic E-state index is 0.0926. The zero-order valence-corrected chi connectivity index (χ0v) is 18.1. The summed E-state index contributed by atoms with van der Waals surface area (Å²) < 4.78 is 8.35. The third-order valence-electron chi connectivity index (χ3n) is 5.20. The molecular weight excluding hydrogens is 408 g/mol. The molecule has 2 heterocycles. The van der Waals surface area contributed by atoms with Gasteiger partial charge in [-0.3, -0.25) is 13.9 Å². The number of nitrogens with two attached hydrogens (primary N) is 1. The van der Waals surface area contributed by atoms with E-state index in [-0.39, 0.29) is 23.5 Å². The molecule has 4 aromatic rings. The molecule has 0 saturated carbocycles. The Labute approximate surface area is 184 Å². The molecule has 0 bridgehead atoms. The first-order valence-corrected chi connectivity index (χ1v) is 10.2. The van der Waals surface area contributed by atoms with Crippen LogP contribution in [0, 0.1) is 0 Å². The molecule has 1 amide bonds. The van der Waals surface area contributed by atoms with Crippen molar-refractivity contribution in [2.45, 2.75) is 26.4 Å². The van der Waals surface area contributed by atoms with E-state index in [1.54, 1.807) is 22.8 Å². The van der Waals surface area contributed by atoms with Crippen LogP contribution in [0.5, 0.6) is 5.75 Å². The van der Waals surface area contributed by atoms with Crippen LogP contribution in [-0.4, -0.2) is 32.1 Å². The summed E-state index contributed by atoms with van der Waals surface area (Å²) in [6.45, 7) is 4.15. The summed E-state index contributed by atoms with van der Waals surface area (Å²) >= 11 is 0. The molecular formula is C23H24N6O3. The molecule has 9 nitrogen and oxygen atoms in total. The number of carbonyl (C=O) groups is 1. The lowest BCUT2D eigenvalue weighted by Crippen LogP contribution is -2.25. The van der Waals surface area contributed by atoms with E-state index < -0.39 is 0 Å². The lowest BCUT2D eigenvalue weighted by atomic mass is 10.1. The highest BCUT2D eigenvalue weighted by atomic mass is 16.5. The van der Waals surface area contributed by atoms with Crippen molar-refractivity contribution in [1.29, 1.82) is 0 Å². The molecule has 0 fully saturated rings. The third kappa shape index (κ3) is 3.68. The lowest BCUT2D eigenvalue weighted by molar-refractivity contribution is 0.0948. The number of benzene rings is 2. The van der Waals surface area contributed by atoms with Crippen LogP contribution in [0.25, 0.3) is 16.9 Å². The van der Waals surface area contributed by atoms with Gasteiger partial charge in [-0.25, -0.2) is 14.8 Å². The van der Waals surface area contributed by atoms with Gasteiger partial charge in [0.2, 0.25) is 0 Å². The molecule has 2 aromatic carbocycles. The Morgan fingerprint density at radius 2 is 1.84 bits per heavy atom. The number of imidazole rings is 1. The molecule has 0 aliphatic carbocycles. The summed E-state index contributed by atoms with van der Waals surface area (Å²) in [5, 5.41) is 2.89. The van der Waals surface area contributed by atoms with Gasteiger partial charge < -0.3 is 15.8 Å². The second-order valence-corrected chi connectivity index (χ2v) is 7.56. The lowest BCUT2D eigenvalue weighted by Gasteiger charge is -2.10. The van der Waals surface area contributed by atoms with Crippen molar-refractivity contribution >= 4 is 22.9 Å². The molecule has 0 aliphatic rings. The minimum Gasteiger partial charge on any atom is -0.496 e. The number of carbonyl (C=O) groups excluding carboxylic acids is 1. The number of methoxy groups -OCH3 is 1. The number of nitrogens with one attached hydrogen (secondary N) is 1. The smallest absolute Gasteiger partial charge is 0.335 e. The molecule has 164 valence electrons. The van der Waals surface area contributed by atoms with Gasteiger partial charge in [-0.05, 0) is 43.7 Å². The number of rotatable bonds is 6. The Kier molecular flexibility index (Phi) is 5.63. The number of ether oxygens (including phenoxy) is 1. The molecule has 3 N–H and O–H groups in total. The first kappa shape index (κ1) is 21.1. The van der Waals surface area contributed by atoms with E-state index in [1.165, 1.54) is 18.0 Å². The van der Waals surface area contributed by atoms with Crippen LogP contribution >= 0.6 is 0 Å². The molecule has 9 heteroatoms. The number of para-hydroxylation sites is 1. The molecule has 0 aliphatic heterocycles. The summed E-state index contributed by atoms with van der Waals surface area (Å²) in [5.74, 6) is 0.522. The Bertz CT molecular complexity index is 1340. The SMILES string of the molecule is COc1ccccc1C(=O)NCc1ccc(-n2c(=O)n(C(C)C)c3ncnc(N)c32)cc1. The Morgan fingerprint density at radius 1 is 1.12 bits per heavy atom. The molecule has 0 spiro atoms. The molecule has 0 saturated heterocycles. The van der Waals surface area contributed by atoms with Gasteiger partial charge in [-0.1, -0.05) is 24.3 Å². The third-order valence-corrected chi connectivity index (χ3v) is 5.20. The Hall–Kier alpha value is -4.14. The highest BCUT2D eigenvalue weighted by Gasteiger charge is 2.20. The fourth-order valence-corrected chi connectivity index (χ4v) is 3.65. The standard InChI is InChI=1S/C23H24N6O3/c1-14(2)28-21-19(20(24)26-13-27-21)29(23(28)31)16-10-8-15(9-11-16)12-25-22(30)17-6-4-5-7-18(17)32-3/h4-11,13-14H,12H2,1-3H3,(H,25,30)(H2,24,26,27). The van der Waals surface area contributed by atoms with Gasteiger partial charge in [0.05, 0.1) is 18.4 Å². The average molecular weight is 432 g/mol. The van der Waals surface area contributed by atoms with Crippen LogP contribution in [0.15, 0.2) is 59.7 Å². The number of nitrogens with zero attached hydrogens (tertiary/aromatic N) is 4. The second kappa shape index (κ2) is 8.54. The van der Waals surface area contributed by atoms with E-state index >= 15 is 0 Å². The van der Waals surface area contributed by atoms with Crippen molar-refractivity contribution in [2.75, 3.05) is 12.8 Å². The normalized spacial score (nSPS) is 11.1. The average Bonchev–Trinajstić information content (AvgIpc) is 3.11. The van der Waals surface area contributed by atoms with Crippen LogP contribution < -0.4 is 21.5 Å². The molecule has 4 rings (SSSR count). The van der Waals surface area contributed by atoms with Gasteiger partial charge in [0.25, 0.3) is 5.91 Å². The summed E-state index contributed by atoms with van der Waals surface area (Å²) in [7, 11) is 1.53. The summed E-state index contributed by atoms with van der Waals surface area (Å²) in [6.07, 6.45) is 1.35. The summed E-state index contributed by atoms with van der Waals surface area (Å²) in [6, 6.07) is 14.3. The van der Waals surface area contributed by atoms with Crippen molar-refractivity contribution in [3.05, 3.63) is 76.5 Å². The van der Waals surface area contributed by atoms with Crippen molar-refractivity contribution in [2.24, 2.45) is 0 Å². The van der Waals surface area contributed by atoms with Crippen LogP contribution in [0.2, 0.25) is 0 Å². The molecule has 32 heavy (non-hydrogen) atoms. The highest BCUT2D eigenvalue weighted by molar-refractivity contribution is 5.96. The van der Waals surface area contributed by atoms with E-state index in [1.807, 2.05) is 44.2 Å². The number of hydrogen-bond acceptors (Lipinski definition) is 6. The maximum atomic E-state index is 13.1. The molecule has 0 unspecified atom stereocenters. The topological polar surface area (TPSA) is 117 Å². The quantitative estimate of drug-likeness (QED) is 0.484. The first-order valence-electron chi connectivity index (χ1n) is 10.2. The fourth-order valence-electron chi connectivity index (χ4n) is 3.65. The van der Waals surface area contributed by atoms with Crippen LogP contribution in [0.3, 0.4) is 0 Å². The second-order valence-electron chi connectivity index (χ2n) is 7.56. The minimum atomic E-state index is -0.237. The van der Waals surface area contributed by atoms with Crippen molar-refractivity contribution in [3.63, 3.8) is 0 Å². The van der Waals surface area contributed by atoms with Crippen LogP contribution in [-0.2, 0) is 6.54 Å². The van der Waals surface area contributed by atoms with Gasteiger partial charge in [0.15, 0.2) is 11.5 Å². The maximum absolute atomic E-state index is 13.1. The van der Waals surface area contributed by atoms with Crippen molar-refractivity contribution < 1.29 is 9.53 Å². The number of nitrogen functional groups attached to an aromatic ring is 1. The van der Waals surface area contributed by atoms with Crippen LogP contribution in [0.1, 0.15) is 35.8 Å². The van der Waals surface area contributed by atoms with Gasteiger partial charge in [-0.2, -0.15) is 0 Å². The predicted molar refractivity (Wildman–Crippen MR) is 122 cm³/mol. The largest absolute Gasteiger partial charge is 0.496 e. The number of aromatic nitrogens is 4. The van der Waals surface area contributed by atoms with Gasteiger partial charge in [0.1, 0.15) is 17.6 Å². The van der Waals surface area contributed by atoms with E-state index in [2.05, 4.69) is 15.3 Å². The molecule has 2 aromatic heterocycles. The van der Waals surface area contributed by atoms with Crippen molar-refractivity contribution in [1.82, 2.24) is 24.4 Å². The predicted octanol–water partition coefficient (Wildman–Crippen LogP) is 2.68. The highest BCUT2D eigenvalue weighted by Crippen LogP contribution is 2.22. The van der Waals surface area contributed by atoms with E-state index in [0.29, 0.717) is 34.7 Å². The van der Waals surface area contributed by atoms with Gasteiger partial charge >= 0.3 is 5.69 Å². The van der Waals surface area contributed by atoms with Crippen LogP contribution in [0.4, 0.5) is 5.82 Å². The van der Waals surface area contributed by atoms with Gasteiger partial charge in [-0.15, -0.1) is 0 Å².